The summed E-state index contributed by atoms with van der Waals surface area (Å²) in [5, 5.41) is 0. The number of ketones is 1. The molecule has 1 heteroatoms. The smallest absolute Gasteiger partial charge is 0.133 e. The lowest BCUT2D eigenvalue weighted by atomic mass is 9.57. The van der Waals surface area contributed by atoms with Crippen LogP contribution in [0.15, 0.2) is 0 Å². The van der Waals surface area contributed by atoms with E-state index in [0.29, 0.717) is 11.7 Å². The van der Waals surface area contributed by atoms with Crippen molar-refractivity contribution in [2.24, 2.45) is 17.8 Å². The Labute approximate surface area is 68.2 Å². The fourth-order valence-corrected chi connectivity index (χ4v) is 2.83. The van der Waals surface area contributed by atoms with Gasteiger partial charge in [0.15, 0.2) is 0 Å². The normalized spacial score (nSPS) is 42.5. The SMILES string of the molecule is CC(=O)[C@@H]1C[C@@H]2CCCC[C@@H]21. The van der Waals surface area contributed by atoms with Crippen LogP contribution in [0.3, 0.4) is 0 Å². The van der Waals surface area contributed by atoms with Gasteiger partial charge in [-0.3, -0.25) is 4.79 Å². The third kappa shape index (κ3) is 1.11. The fourth-order valence-electron chi connectivity index (χ4n) is 2.83. The zero-order chi connectivity index (χ0) is 7.84. The molecule has 11 heavy (non-hydrogen) atoms. The molecule has 3 atom stereocenters. The molecule has 0 unspecified atom stereocenters. The Morgan fingerprint density at radius 1 is 1.27 bits per heavy atom. The topological polar surface area (TPSA) is 17.1 Å². The Hall–Kier alpha value is -0.330. The van der Waals surface area contributed by atoms with Crippen LogP contribution in [0.5, 0.6) is 0 Å². The van der Waals surface area contributed by atoms with Crippen molar-refractivity contribution < 1.29 is 4.79 Å². The first-order chi connectivity index (χ1) is 5.29. The fraction of sp³-hybridized carbons (Fsp3) is 0.900. The van der Waals surface area contributed by atoms with Gasteiger partial charge < -0.3 is 0 Å². The van der Waals surface area contributed by atoms with Crippen molar-refractivity contribution >= 4 is 5.78 Å². The summed E-state index contributed by atoms with van der Waals surface area (Å²) in [5.41, 5.74) is 0. The molecule has 0 aromatic heterocycles. The van der Waals surface area contributed by atoms with Gasteiger partial charge >= 0.3 is 0 Å². The highest BCUT2D eigenvalue weighted by Crippen LogP contribution is 2.49. The summed E-state index contributed by atoms with van der Waals surface area (Å²) in [5.74, 6) is 2.62. The number of Topliss-reactive ketones (excluding diaryl/α,β-unsaturated/α-hetero) is 1. The van der Waals surface area contributed by atoms with Crippen LogP contribution >= 0.6 is 0 Å². The van der Waals surface area contributed by atoms with Gasteiger partial charge in [0.05, 0.1) is 0 Å². The lowest BCUT2D eigenvalue weighted by Crippen LogP contribution is -2.42. The summed E-state index contributed by atoms with van der Waals surface area (Å²) in [6.45, 7) is 1.76. The molecular weight excluding hydrogens is 136 g/mol. The van der Waals surface area contributed by atoms with E-state index in [0.717, 1.165) is 11.8 Å². The van der Waals surface area contributed by atoms with Crippen LogP contribution in [0.4, 0.5) is 0 Å². The Morgan fingerprint density at radius 2 is 2.00 bits per heavy atom. The van der Waals surface area contributed by atoms with Crippen LogP contribution in [-0.4, -0.2) is 5.78 Å². The van der Waals surface area contributed by atoms with Gasteiger partial charge in [-0.25, -0.2) is 0 Å². The minimum atomic E-state index is 0.438. The van der Waals surface area contributed by atoms with Crippen molar-refractivity contribution in [3.63, 3.8) is 0 Å². The minimum absolute atomic E-state index is 0.438. The van der Waals surface area contributed by atoms with E-state index >= 15 is 0 Å². The monoisotopic (exact) mass is 152 g/mol. The molecule has 0 saturated heterocycles. The Balaban J connectivity index is 1.96. The number of rotatable bonds is 1. The van der Waals surface area contributed by atoms with Gasteiger partial charge in [-0.15, -0.1) is 0 Å². The maximum Gasteiger partial charge on any atom is 0.133 e. The van der Waals surface area contributed by atoms with Gasteiger partial charge in [-0.1, -0.05) is 19.3 Å². The summed E-state index contributed by atoms with van der Waals surface area (Å²) >= 11 is 0. The maximum absolute atomic E-state index is 11.1. The van der Waals surface area contributed by atoms with Crippen molar-refractivity contribution in [2.75, 3.05) is 0 Å². The molecular formula is C10H16O. The molecule has 2 rings (SSSR count). The van der Waals surface area contributed by atoms with Crippen LogP contribution in [0.1, 0.15) is 39.0 Å². The highest BCUT2D eigenvalue weighted by molar-refractivity contribution is 5.79. The van der Waals surface area contributed by atoms with E-state index in [9.17, 15) is 4.79 Å². The number of fused-ring (bicyclic) bond motifs is 1. The van der Waals surface area contributed by atoms with Gasteiger partial charge in [0.2, 0.25) is 0 Å². The van der Waals surface area contributed by atoms with Gasteiger partial charge in [0.1, 0.15) is 5.78 Å². The van der Waals surface area contributed by atoms with E-state index in [-0.39, 0.29) is 0 Å². The average molecular weight is 152 g/mol. The second kappa shape index (κ2) is 2.62. The number of hydrogen-bond donors (Lipinski definition) is 0. The van der Waals surface area contributed by atoms with Crippen LogP contribution in [0, 0.1) is 17.8 Å². The molecule has 0 radical (unpaired) electrons. The Bertz CT molecular complexity index is 174. The molecule has 0 aromatic rings. The van der Waals surface area contributed by atoms with Crippen LogP contribution in [0.25, 0.3) is 0 Å². The Kier molecular flexibility index (Phi) is 1.74. The average Bonchev–Trinajstić information content (AvgIpc) is 1.90. The standard InChI is InChI=1S/C10H16O/c1-7(11)10-6-8-4-2-3-5-9(8)10/h8-10H,2-6H2,1H3/t8-,9-,10-/m0/s1. The minimum Gasteiger partial charge on any atom is -0.300 e. The van der Waals surface area contributed by atoms with E-state index in [1.807, 2.05) is 0 Å². The van der Waals surface area contributed by atoms with Gasteiger partial charge in [0.25, 0.3) is 0 Å². The summed E-state index contributed by atoms with van der Waals surface area (Å²) in [7, 11) is 0. The molecule has 0 N–H and O–H groups in total. The number of hydrogen-bond acceptors (Lipinski definition) is 1. The van der Waals surface area contributed by atoms with E-state index in [4.69, 9.17) is 0 Å². The first kappa shape index (κ1) is 7.33. The van der Waals surface area contributed by atoms with Crippen molar-refractivity contribution in [3.05, 3.63) is 0 Å². The van der Waals surface area contributed by atoms with Crippen molar-refractivity contribution in [2.45, 2.75) is 39.0 Å². The molecule has 1 nitrogen and oxygen atoms in total. The molecule has 0 aromatic carbocycles. The molecule has 0 amide bonds. The largest absolute Gasteiger partial charge is 0.300 e. The molecule has 0 bridgehead atoms. The van der Waals surface area contributed by atoms with Gasteiger partial charge in [-0.2, -0.15) is 0 Å². The molecule has 0 heterocycles. The van der Waals surface area contributed by atoms with E-state index in [1.165, 1.54) is 32.1 Å². The van der Waals surface area contributed by atoms with E-state index in [1.54, 1.807) is 6.92 Å². The third-order valence-electron chi connectivity index (χ3n) is 3.56. The first-order valence-corrected chi connectivity index (χ1v) is 4.79. The van der Waals surface area contributed by atoms with Crippen LogP contribution in [-0.2, 0) is 4.79 Å². The molecule has 0 spiro atoms. The first-order valence-electron chi connectivity index (χ1n) is 4.79. The second-order valence-corrected chi connectivity index (χ2v) is 4.16. The molecule has 2 aliphatic rings. The predicted molar refractivity (Wildman–Crippen MR) is 44.2 cm³/mol. The lowest BCUT2D eigenvalue weighted by molar-refractivity contribution is -0.130. The predicted octanol–water partition coefficient (Wildman–Crippen LogP) is 2.40. The van der Waals surface area contributed by atoms with Gasteiger partial charge in [0, 0.05) is 5.92 Å². The zero-order valence-corrected chi connectivity index (χ0v) is 7.18. The van der Waals surface area contributed by atoms with Crippen molar-refractivity contribution in [1.29, 1.82) is 0 Å². The molecule has 2 aliphatic carbocycles. The lowest BCUT2D eigenvalue weighted by Gasteiger charge is -2.46. The third-order valence-corrected chi connectivity index (χ3v) is 3.56. The highest BCUT2D eigenvalue weighted by atomic mass is 16.1. The van der Waals surface area contributed by atoms with E-state index < -0.39 is 0 Å². The highest BCUT2D eigenvalue weighted by Gasteiger charge is 2.43. The number of carbonyl (C=O) groups is 1. The molecule has 2 fully saturated rings. The molecule has 2 saturated carbocycles. The summed E-state index contributed by atoms with van der Waals surface area (Å²) in [6, 6.07) is 0. The summed E-state index contributed by atoms with van der Waals surface area (Å²) < 4.78 is 0. The van der Waals surface area contributed by atoms with Crippen LogP contribution < -0.4 is 0 Å². The van der Waals surface area contributed by atoms with Gasteiger partial charge in [-0.05, 0) is 31.6 Å². The second-order valence-electron chi connectivity index (χ2n) is 4.16. The van der Waals surface area contributed by atoms with E-state index in [2.05, 4.69) is 0 Å². The quantitative estimate of drug-likeness (QED) is 0.564. The van der Waals surface area contributed by atoms with Crippen molar-refractivity contribution in [1.82, 2.24) is 0 Å². The molecule has 62 valence electrons. The maximum atomic E-state index is 11.1. The molecule has 0 aliphatic heterocycles. The van der Waals surface area contributed by atoms with Crippen molar-refractivity contribution in [3.8, 4) is 0 Å². The zero-order valence-electron chi connectivity index (χ0n) is 7.18. The number of carbonyl (C=O) groups excluding carboxylic acids is 1. The summed E-state index contributed by atoms with van der Waals surface area (Å²) in [6.07, 6.45) is 6.71. The summed E-state index contributed by atoms with van der Waals surface area (Å²) in [4.78, 5) is 11.1. The van der Waals surface area contributed by atoms with Crippen LogP contribution in [0.2, 0.25) is 0 Å². The Morgan fingerprint density at radius 3 is 2.64 bits per heavy atom.